The number of guanidine groups is 1. The number of nitrogens with two attached hydrogens (primary N) is 5. The first-order valence-electron chi connectivity index (χ1n) is 16.1. The minimum Gasteiger partial charge on any atom is -0.481 e. The van der Waals surface area contributed by atoms with E-state index in [-0.39, 0.29) is 51.0 Å². The van der Waals surface area contributed by atoms with Gasteiger partial charge in [-0.15, -0.1) is 0 Å². The zero-order valence-electron chi connectivity index (χ0n) is 27.6. The van der Waals surface area contributed by atoms with Gasteiger partial charge in [0, 0.05) is 31.3 Å². The molecule has 0 aliphatic heterocycles. The van der Waals surface area contributed by atoms with Crippen molar-refractivity contribution in [1.82, 2.24) is 31.2 Å². The summed E-state index contributed by atoms with van der Waals surface area (Å²) in [5.74, 6) is -5.79. The molecule has 49 heavy (non-hydrogen) atoms. The van der Waals surface area contributed by atoms with E-state index in [4.69, 9.17) is 33.8 Å². The zero-order valence-corrected chi connectivity index (χ0v) is 27.6. The van der Waals surface area contributed by atoms with Crippen LogP contribution in [0, 0.1) is 0 Å². The first-order valence-corrected chi connectivity index (χ1v) is 16.1. The Bertz CT molecular complexity index is 1230. The Morgan fingerprint density at radius 1 is 0.735 bits per heavy atom. The summed E-state index contributed by atoms with van der Waals surface area (Å²) < 4.78 is 0. The number of imidazole rings is 1. The van der Waals surface area contributed by atoms with Crippen molar-refractivity contribution in [2.45, 2.75) is 101 Å². The highest BCUT2D eigenvalue weighted by molar-refractivity contribution is 5.95. The van der Waals surface area contributed by atoms with E-state index in [1.54, 1.807) is 0 Å². The molecule has 20 nitrogen and oxygen atoms in total. The van der Waals surface area contributed by atoms with Crippen LogP contribution in [0.3, 0.4) is 0 Å². The van der Waals surface area contributed by atoms with Gasteiger partial charge in [-0.2, -0.15) is 0 Å². The summed E-state index contributed by atoms with van der Waals surface area (Å²) in [7, 11) is 0. The van der Waals surface area contributed by atoms with E-state index in [2.05, 4.69) is 36.2 Å². The third-order valence-corrected chi connectivity index (χ3v) is 7.33. The summed E-state index contributed by atoms with van der Waals surface area (Å²) in [5, 5.41) is 28.6. The molecule has 1 aromatic heterocycles. The number of rotatable bonds is 26. The maximum absolute atomic E-state index is 13.6. The molecule has 0 unspecified atom stereocenters. The molecule has 0 spiro atoms. The molecule has 5 atom stereocenters. The third kappa shape index (κ3) is 17.8. The van der Waals surface area contributed by atoms with Gasteiger partial charge in [-0.05, 0) is 70.9 Å². The van der Waals surface area contributed by atoms with E-state index in [1.807, 2.05) is 0 Å². The second-order valence-electron chi connectivity index (χ2n) is 11.4. The van der Waals surface area contributed by atoms with Gasteiger partial charge in [0.2, 0.25) is 23.6 Å². The fourth-order valence-electron chi connectivity index (χ4n) is 4.64. The number of carbonyl (C=O) groups is 6. The number of aliphatic imine (C=N–C) groups is 1. The van der Waals surface area contributed by atoms with Crippen molar-refractivity contribution in [2.75, 3.05) is 19.6 Å². The van der Waals surface area contributed by atoms with Crippen molar-refractivity contribution in [3.8, 4) is 0 Å². The largest absolute Gasteiger partial charge is 0.481 e. The molecule has 20 heteroatoms. The number of aromatic nitrogens is 2. The van der Waals surface area contributed by atoms with Crippen molar-refractivity contribution < 1.29 is 39.0 Å². The number of amides is 4. The van der Waals surface area contributed by atoms with E-state index in [9.17, 15) is 33.9 Å². The quantitative estimate of drug-likeness (QED) is 0.0254. The molecule has 0 aliphatic carbocycles. The molecule has 0 bridgehead atoms. The zero-order chi connectivity index (χ0) is 36.8. The van der Waals surface area contributed by atoms with Gasteiger partial charge in [0.05, 0.1) is 12.4 Å². The van der Waals surface area contributed by atoms with Crippen LogP contribution in [0.2, 0.25) is 0 Å². The SMILES string of the molecule is NCCCC[C@H](NC(=O)[C@H](CCCN=C(N)N)NC(=O)[C@H](CCCCN)NC(=O)[C@@H](N)Cc1cnc[nH]1)C(=O)N[C@@H](CCC(=O)O)C(=O)O. The standard InChI is InChI=1S/C29H52N12O8/c30-11-3-1-6-19(38-24(44)18(32)14-17-15-35-16-37-17)25(45)40-21(8-5-13-36-29(33)34)26(46)39-20(7-2-4-12-31)27(47)41-22(28(48)49)9-10-23(42)43/h15-16,18-22H,1-14,30-32H2,(H,35,37)(H,38,44)(H,39,46)(H,40,45)(H,41,47)(H,42,43)(H,48,49)(H4,33,34,36)/t18-,19-,20-,21-,22-/m0/s1. The van der Waals surface area contributed by atoms with E-state index in [0.29, 0.717) is 44.5 Å². The Balaban J connectivity index is 3.20. The topological polar surface area (TPSA) is 362 Å². The highest BCUT2D eigenvalue weighted by Gasteiger charge is 2.31. The van der Waals surface area contributed by atoms with Gasteiger partial charge in [0.25, 0.3) is 0 Å². The fourth-order valence-corrected chi connectivity index (χ4v) is 4.64. The number of carboxylic acid groups (broad SMARTS) is 2. The molecule has 0 saturated carbocycles. The summed E-state index contributed by atoms with van der Waals surface area (Å²) in [6.07, 6.45) is 4.62. The Kier molecular flexibility index (Phi) is 20.2. The number of carboxylic acids is 2. The molecule has 17 N–H and O–H groups in total. The van der Waals surface area contributed by atoms with E-state index >= 15 is 0 Å². The summed E-state index contributed by atoms with van der Waals surface area (Å²) in [6.45, 7) is 0.764. The smallest absolute Gasteiger partial charge is 0.326 e. The fraction of sp³-hybridized carbons (Fsp3) is 0.655. The lowest BCUT2D eigenvalue weighted by Crippen LogP contribution is -2.58. The van der Waals surface area contributed by atoms with Crippen molar-refractivity contribution in [2.24, 2.45) is 33.7 Å². The summed E-state index contributed by atoms with van der Waals surface area (Å²) in [6, 6.07) is -6.11. The van der Waals surface area contributed by atoms with Crippen LogP contribution in [0.15, 0.2) is 17.5 Å². The minimum atomic E-state index is -1.52. The second-order valence-corrected chi connectivity index (χ2v) is 11.4. The highest BCUT2D eigenvalue weighted by Crippen LogP contribution is 2.09. The monoisotopic (exact) mass is 696 g/mol. The van der Waals surface area contributed by atoms with Gasteiger partial charge in [0.1, 0.15) is 24.2 Å². The van der Waals surface area contributed by atoms with Crippen LogP contribution >= 0.6 is 0 Å². The maximum atomic E-state index is 13.6. The second kappa shape index (κ2) is 23.5. The van der Waals surface area contributed by atoms with Crippen molar-refractivity contribution >= 4 is 41.5 Å². The molecule has 276 valence electrons. The molecule has 1 heterocycles. The van der Waals surface area contributed by atoms with Crippen molar-refractivity contribution in [3.63, 3.8) is 0 Å². The molecule has 1 aromatic rings. The molecule has 0 saturated heterocycles. The number of aromatic amines is 1. The number of hydrogen-bond donors (Lipinski definition) is 12. The average molecular weight is 697 g/mol. The summed E-state index contributed by atoms with van der Waals surface area (Å²) in [5.41, 5.74) is 28.7. The maximum Gasteiger partial charge on any atom is 0.326 e. The van der Waals surface area contributed by atoms with E-state index < -0.39 is 72.2 Å². The molecule has 4 amide bonds. The van der Waals surface area contributed by atoms with Crippen LogP contribution in [-0.4, -0.2) is 112 Å². The van der Waals surface area contributed by atoms with Crippen LogP contribution in [0.25, 0.3) is 0 Å². The normalized spacial score (nSPS) is 13.9. The van der Waals surface area contributed by atoms with Gasteiger partial charge in [-0.1, -0.05) is 0 Å². The van der Waals surface area contributed by atoms with Gasteiger partial charge >= 0.3 is 11.9 Å². The molecule has 0 aromatic carbocycles. The van der Waals surface area contributed by atoms with Crippen LogP contribution in [0.5, 0.6) is 0 Å². The van der Waals surface area contributed by atoms with E-state index in [1.165, 1.54) is 12.5 Å². The van der Waals surface area contributed by atoms with Gasteiger partial charge in [-0.25, -0.2) is 9.78 Å². The molecule has 0 aliphatic rings. The average Bonchev–Trinajstić information content (AvgIpc) is 3.55. The first-order chi connectivity index (χ1) is 23.3. The van der Waals surface area contributed by atoms with Crippen LogP contribution in [-0.2, 0) is 35.2 Å². The third-order valence-electron chi connectivity index (χ3n) is 7.33. The molecule has 1 rings (SSSR count). The number of nitrogens with zero attached hydrogens (tertiary/aromatic N) is 2. The Morgan fingerprint density at radius 3 is 1.65 bits per heavy atom. The van der Waals surface area contributed by atoms with Gasteiger partial charge < -0.3 is 65.1 Å². The van der Waals surface area contributed by atoms with Crippen molar-refractivity contribution in [1.29, 1.82) is 0 Å². The number of carbonyl (C=O) groups excluding carboxylic acids is 4. The molecular formula is C29H52N12O8. The number of hydrogen-bond acceptors (Lipinski definition) is 11. The van der Waals surface area contributed by atoms with Crippen LogP contribution in [0.4, 0.5) is 0 Å². The highest BCUT2D eigenvalue weighted by atomic mass is 16.4. The van der Waals surface area contributed by atoms with E-state index in [0.717, 1.165) is 0 Å². The number of H-pyrrole nitrogens is 1. The summed E-state index contributed by atoms with van der Waals surface area (Å²) in [4.78, 5) is 86.7. The predicted molar refractivity (Wildman–Crippen MR) is 178 cm³/mol. The number of unbranched alkanes of at least 4 members (excludes halogenated alkanes) is 2. The first kappa shape index (κ1) is 42.2. The van der Waals surface area contributed by atoms with Crippen molar-refractivity contribution in [3.05, 3.63) is 18.2 Å². The lowest BCUT2D eigenvalue weighted by Gasteiger charge is -2.26. The summed E-state index contributed by atoms with van der Waals surface area (Å²) >= 11 is 0. The van der Waals surface area contributed by atoms with Gasteiger partial charge in [0.15, 0.2) is 5.96 Å². The Hall–Kier alpha value is -4.82. The molecule has 0 radical (unpaired) electrons. The molecular weight excluding hydrogens is 644 g/mol. The lowest BCUT2D eigenvalue weighted by molar-refractivity contribution is -0.143. The Labute approximate surface area is 284 Å². The minimum absolute atomic E-state index is 0.0185. The van der Waals surface area contributed by atoms with Gasteiger partial charge in [-0.3, -0.25) is 29.0 Å². The number of nitrogens with one attached hydrogen (secondary N) is 5. The predicted octanol–water partition coefficient (Wildman–Crippen LogP) is -3.52. The Morgan fingerprint density at radius 2 is 1.22 bits per heavy atom. The molecule has 0 fully saturated rings. The lowest BCUT2D eigenvalue weighted by atomic mass is 10.0. The number of aliphatic carboxylic acids is 2. The van der Waals surface area contributed by atoms with Crippen LogP contribution in [0.1, 0.15) is 69.9 Å². The van der Waals surface area contributed by atoms with Crippen LogP contribution < -0.4 is 49.9 Å².